The van der Waals surface area contributed by atoms with E-state index in [1.165, 1.54) is 11.1 Å². The maximum Gasteiger partial charge on any atom is 0.256 e. The molecule has 0 unspecified atom stereocenters. The zero-order chi connectivity index (χ0) is 15.8. The van der Waals surface area contributed by atoms with Gasteiger partial charge in [0.25, 0.3) is 5.91 Å². The summed E-state index contributed by atoms with van der Waals surface area (Å²) >= 11 is 0. The summed E-state index contributed by atoms with van der Waals surface area (Å²) in [5, 5.41) is 7.39. The molecular weight excluding hydrogens is 288 g/mol. The number of carbonyl (C=O) groups excluding carboxylic acids is 1. The van der Waals surface area contributed by atoms with Gasteiger partial charge in [0.05, 0.1) is 6.20 Å². The van der Waals surface area contributed by atoms with Gasteiger partial charge in [-0.3, -0.25) is 9.48 Å². The molecule has 5 nitrogen and oxygen atoms in total. The number of aryl methyl sites for hydroxylation is 1. The van der Waals surface area contributed by atoms with Crippen molar-refractivity contribution in [2.75, 3.05) is 0 Å². The molecule has 1 aliphatic rings. The Morgan fingerprint density at radius 2 is 1.78 bits per heavy atom. The Hall–Kier alpha value is -2.82. The molecule has 23 heavy (non-hydrogen) atoms. The van der Waals surface area contributed by atoms with E-state index in [0.29, 0.717) is 5.56 Å². The molecule has 1 aromatic carbocycles. The van der Waals surface area contributed by atoms with Gasteiger partial charge >= 0.3 is 0 Å². The Balaban J connectivity index is 1.55. The van der Waals surface area contributed by atoms with Crippen LogP contribution in [0.5, 0.6) is 0 Å². The molecule has 116 valence electrons. The predicted octanol–water partition coefficient (Wildman–Crippen LogP) is 2.11. The Morgan fingerprint density at radius 3 is 2.43 bits per heavy atom. The highest BCUT2D eigenvalue weighted by molar-refractivity contribution is 5.97. The molecule has 0 bridgehead atoms. The summed E-state index contributed by atoms with van der Waals surface area (Å²) in [7, 11) is 1.84. The standard InChI is InChI=1S/C18H18N4O/c1-21-18(22-8-4-5-9-22)16(12-19-21)17(23)20-15-10-13-6-2-3-7-14(13)11-15/h2-9,12,15H,10-11H2,1H3,(H,20,23). The molecule has 2 aromatic heterocycles. The summed E-state index contributed by atoms with van der Waals surface area (Å²) < 4.78 is 3.63. The van der Waals surface area contributed by atoms with Crippen molar-refractivity contribution in [1.29, 1.82) is 0 Å². The van der Waals surface area contributed by atoms with Crippen LogP contribution in [0.15, 0.2) is 55.0 Å². The van der Waals surface area contributed by atoms with Gasteiger partial charge in [-0.1, -0.05) is 24.3 Å². The molecule has 0 saturated heterocycles. The SMILES string of the molecule is Cn1ncc(C(=O)NC2Cc3ccccc3C2)c1-n1cccc1. The maximum absolute atomic E-state index is 12.7. The molecule has 0 aliphatic heterocycles. The number of hydrogen-bond acceptors (Lipinski definition) is 2. The van der Waals surface area contributed by atoms with E-state index in [-0.39, 0.29) is 11.9 Å². The van der Waals surface area contributed by atoms with Crippen LogP contribution >= 0.6 is 0 Å². The third-order valence-corrected chi connectivity index (χ3v) is 4.39. The Kier molecular flexibility index (Phi) is 3.26. The van der Waals surface area contributed by atoms with Crippen molar-refractivity contribution in [2.24, 2.45) is 7.05 Å². The van der Waals surface area contributed by atoms with Crippen LogP contribution in [0.2, 0.25) is 0 Å². The van der Waals surface area contributed by atoms with Gasteiger partial charge in [0, 0.05) is 25.5 Å². The van der Waals surface area contributed by atoms with E-state index < -0.39 is 0 Å². The first kappa shape index (κ1) is 13.8. The lowest BCUT2D eigenvalue weighted by molar-refractivity contribution is 0.0938. The van der Waals surface area contributed by atoms with Crippen LogP contribution in [0, 0.1) is 0 Å². The van der Waals surface area contributed by atoms with E-state index in [2.05, 4.69) is 22.5 Å². The number of hydrogen-bond donors (Lipinski definition) is 1. The van der Waals surface area contributed by atoms with Crippen LogP contribution in [-0.4, -0.2) is 26.3 Å². The fraction of sp³-hybridized carbons (Fsp3) is 0.222. The van der Waals surface area contributed by atoms with Crippen molar-refractivity contribution in [2.45, 2.75) is 18.9 Å². The van der Waals surface area contributed by atoms with Crippen molar-refractivity contribution in [3.8, 4) is 5.82 Å². The first-order chi connectivity index (χ1) is 11.2. The molecule has 1 N–H and O–H groups in total. The molecule has 5 heteroatoms. The summed E-state index contributed by atoms with van der Waals surface area (Å²) in [6.45, 7) is 0. The Labute approximate surface area is 134 Å². The summed E-state index contributed by atoms with van der Waals surface area (Å²) in [4.78, 5) is 12.7. The lowest BCUT2D eigenvalue weighted by Gasteiger charge is -2.13. The van der Waals surface area contributed by atoms with Gasteiger partial charge in [0.15, 0.2) is 0 Å². The predicted molar refractivity (Wildman–Crippen MR) is 87.6 cm³/mol. The first-order valence-electron chi connectivity index (χ1n) is 7.75. The second kappa shape index (κ2) is 5.43. The van der Waals surface area contributed by atoms with E-state index in [4.69, 9.17) is 0 Å². The molecule has 4 rings (SSSR count). The Bertz CT molecular complexity index is 823. The molecule has 0 saturated carbocycles. The molecule has 3 aromatic rings. The van der Waals surface area contributed by atoms with Gasteiger partial charge < -0.3 is 9.88 Å². The first-order valence-corrected chi connectivity index (χ1v) is 7.75. The van der Waals surface area contributed by atoms with E-state index in [9.17, 15) is 4.79 Å². The van der Waals surface area contributed by atoms with Crippen molar-refractivity contribution < 1.29 is 4.79 Å². The third-order valence-electron chi connectivity index (χ3n) is 4.39. The number of amides is 1. The van der Waals surface area contributed by atoms with Crippen molar-refractivity contribution in [3.63, 3.8) is 0 Å². The zero-order valence-corrected chi connectivity index (χ0v) is 12.9. The molecule has 0 spiro atoms. The average Bonchev–Trinajstić information content (AvgIpc) is 3.24. The van der Waals surface area contributed by atoms with Gasteiger partial charge in [-0.15, -0.1) is 0 Å². The molecule has 0 atom stereocenters. The quantitative estimate of drug-likeness (QED) is 0.806. The number of rotatable bonds is 3. The van der Waals surface area contributed by atoms with Gasteiger partial charge in [0.1, 0.15) is 11.4 Å². The number of aromatic nitrogens is 3. The summed E-state index contributed by atoms with van der Waals surface area (Å²) in [5.74, 6) is 0.711. The van der Waals surface area contributed by atoms with Crippen LogP contribution < -0.4 is 5.32 Å². The van der Waals surface area contributed by atoms with E-state index in [1.54, 1.807) is 10.9 Å². The number of carbonyl (C=O) groups is 1. The normalized spacial score (nSPS) is 14.0. The van der Waals surface area contributed by atoms with E-state index >= 15 is 0 Å². The van der Waals surface area contributed by atoms with Gasteiger partial charge in [-0.05, 0) is 36.1 Å². The van der Waals surface area contributed by atoms with E-state index in [0.717, 1.165) is 18.7 Å². The van der Waals surface area contributed by atoms with Crippen LogP contribution in [0.3, 0.4) is 0 Å². The number of benzene rings is 1. The topological polar surface area (TPSA) is 51.9 Å². The number of fused-ring (bicyclic) bond motifs is 1. The second-order valence-electron chi connectivity index (χ2n) is 5.94. The summed E-state index contributed by atoms with van der Waals surface area (Å²) in [5.41, 5.74) is 3.25. The van der Waals surface area contributed by atoms with Crippen molar-refractivity contribution >= 4 is 5.91 Å². The minimum Gasteiger partial charge on any atom is -0.348 e. The molecule has 1 amide bonds. The number of nitrogens with one attached hydrogen (secondary N) is 1. The lowest BCUT2D eigenvalue weighted by atomic mass is 10.1. The van der Waals surface area contributed by atoms with Gasteiger partial charge in [-0.2, -0.15) is 5.10 Å². The monoisotopic (exact) mass is 306 g/mol. The lowest BCUT2D eigenvalue weighted by Crippen LogP contribution is -2.35. The number of nitrogens with zero attached hydrogens (tertiary/aromatic N) is 3. The van der Waals surface area contributed by atoms with Crippen LogP contribution in [0.25, 0.3) is 5.82 Å². The summed E-state index contributed by atoms with van der Waals surface area (Å²) in [6, 6.07) is 12.4. The van der Waals surface area contributed by atoms with Gasteiger partial charge in [0.2, 0.25) is 0 Å². The minimum absolute atomic E-state index is 0.0698. The maximum atomic E-state index is 12.7. The molecule has 0 fully saturated rings. The second-order valence-corrected chi connectivity index (χ2v) is 5.94. The van der Waals surface area contributed by atoms with E-state index in [1.807, 2.05) is 48.3 Å². The fourth-order valence-corrected chi connectivity index (χ4v) is 3.30. The third kappa shape index (κ3) is 2.44. The molecule has 1 aliphatic carbocycles. The largest absolute Gasteiger partial charge is 0.348 e. The summed E-state index contributed by atoms with van der Waals surface area (Å²) in [6.07, 6.45) is 7.24. The molecule has 2 heterocycles. The smallest absolute Gasteiger partial charge is 0.256 e. The van der Waals surface area contributed by atoms with Crippen LogP contribution in [-0.2, 0) is 19.9 Å². The molecule has 0 radical (unpaired) electrons. The van der Waals surface area contributed by atoms with Crippen LogP contribution in [0.1, 0.15) is 21.5 Å². The highest BCUT2D eigenvalue weighted by atomic mass is 16.1. The zero-order valence-electron chi connectivity index (χ0n) is 12.9. The highest BCUT2D eigenvalue weighted by Crippen LogP contribution is 2.22. The average molecular weight is 306 g/mol. The van der Waals surface area contributed by atoms with Crippen molar-refractivity contribution in [1.82, 2.24) is 19.7 Å². The minimum atomic E-state index is -0.0698. The highest BCUT2D eigenvalue weighted by Gasteiger charge is 2.25. The van der Waals surface area contributed by atoms with Gasteiger partial charge in [-0.25, -0.2) is 0 Å². The van der Waals surface area contributed by atoms with Crippen LogP contribution in [0.4, 0.5) is 0 Å². The fourth-order valence-electron chi connectivity index (χ4n) is 3.30. The Morgan fingerprint density at radius 1 is 1.13 bits per heavy atom. The van der Waals surface area contributed by atoms with Crippen molar-refractivity contribution in [3.05, 3.63) is 71.7 Å². The molecular formula is C18H18N4O.